The first-order chi connectivity index (χ1) is 11.2. The van der Waals surface area contributed by atoms with E-state index in [4.69, 9.17) is 34.8 Å². The van der Waals surface area contributed by atoms with E-state index in [0.29, 0.717) is 16.1 Å². The quantitative estimate of drug-likeness (QED) is 0.330. The summed E-state index contributed by atoms with van der Waals surface area (Å²) in [4.78, 5) is 22.9. The number of alkyl halides is 3. The lowest BCUT2D eigenvalue weighted by Gasteiger charge is -2.27. The van der Waals surface area contributed by atoms with Crippen LogP contribution in [0, 0.1) is 17.0 Å². The summed E-state index contributed by atoms with van der Waals surface area (Å²) >= 11 is 19.1. The van der Waals surface area contributed by atoms with Crippen LogP contribution in [0.2, 0.25) is 0 Å². The number of hydrogen-bond donors (Lipinski definition) is 2. The fourth-order valence-corrected chi connectivity index (χ4v) is 2.84. The van der Waals surface area contributed by atoms with Crippen molar-refractivity contribution in [3.05, 3.63) is 56.3 Å². The van der Waals surface area contributed by atoms with Crippen LogP contribution in [0.5, 0.6) is 0 Å². The number of amides is 1. The number of halogens is 3. The van der Waals surface area contributed by atoms with Crippen molar-refractivity contribution in [1.29, 1.82) is 0 Å². The van der Waals surface area contributed by atoms with Gasteiger partial charge in [-0.25, -0.2) is 0 Å². The highest BCUT2D eigenvalue weighted by Crippen LogP contribution is 2.32. The first-order valence-corrected chi connectivity index (χ1v) is 8.62. The zero-order valence-electron chi connectivity index (χ0n) is 12.3. The average molecular weight is 409 g/mol. The number of nitro groups is 1. The number of nitro benzene ring substituents is 1. The molecule has 0 saturated heterocycles. The van der Waals surface area contributed by atoms with Crippen LogP contribution in [0.4, 0.5) is 11.4 Å². The standard InChI is InChI=1S/C14H12Cl3N3O3S/c1-8-7-9(20(22)23)4-5-10(8)18-13(14(15,16)17)19-12(21)11-3-2-6-24-11/h2-7,13,18H,1H3,(H,19,21)/t13-/m1/s1. The Kier molecular flexibility index (Phi) is 5.92. The molecule has 0 unspecified atom stereocenters. The van der Waals surface area contributed by atoms with Gasteiger partial charge in [0.25, 0.3) is 11.6 Å². The van der Waals surface area contributed by atoms with Crippen molar-refractivity contribution in [1.82, 2.24) is 5.32 Å². The van der Waals surface area contributed by atoms with E-state index in [1.54, 1.807) is 24.4 Å². The number of anilines is 1. The highest BCUT2D eigenvalue weighted by atomic mass is 35.6. The number of benzene rings is 1. The third-order valence-electron chi connectivity index (χ3n) is 3.07. The maximum absolute atomic E-state index is 12.2. The van der Waals surface area contributed by atoms with Gasteiger partial charge in [0, 0.05) is 17.8 Å². The monoisotopic (exact) mass is 407 g/mol. The number of non-ortho nitro benzene ring substituents is 1. The van der Waals surface area contributed by atoms with Crippen LogP contribution in [0.15, 0.2) is 35.7 Å². The topological polar surface area (TPSA) is 84.3 Å². The Balaban J connectivity index is 2.21. The molecule has 2 N–H and O–H groups in total. The molecule has 1 amide bonds. The zero-order valence-corrected chi connectivity index (χ0v) is 15.3. The van der Waals surface area contributed by atoms with E-state index < -0.39 is 20.8 Å². The lowest BCUT2D eigenvalue weighted by Crippen LogP contribution is -2.49. The van der Waals surface area contributed by atoms with Crippen molar-refractivity contribution in [2.45, 2.75) is 16.9 Å². The van der Waals surface area contributed by atoms with E-state index in [0.717, 1.165) is 0 Å². The first-order valence-electron chi connectivity index (χ1n) is 6.61. The SMILES string of the molecule is Cc1cc([N+](=O)[O-])ccc1N[C@H](NC(=O)c1cccs1)C(Cl)(Cl)Cl. The van der Waals surface area contributed by atoms with Gasteiger partial charge in [-0.3, -0.25) is 14.9 Å². The highest BCUT2D eigenvalue weighted by Gasteiger charge is 2.34. The second-order valence-corrected chi connectivity index (χ2v) is 8.14. The number of nitrogens with one attached hydrogen (secondary N) is 2. The molecule has 0 fully saturated rings. The Bertz CT molecular complexity index is 747. The van der Waals surface area contributed by atoms with E-state index in [2.05, 4.69) is 10.6 Å². The van der Waals surface area contributed by atoms with Gasteiger partial charge in [-0.05, 0) is 30.0 Å². The number of aryl methyl sites for hydroxylation is 1. The minimum absolute atomic E-state index is 0.0499. The summed E-state index contributed by atoms with van der Waals surface area (Å²) in [6, 6.07) is 7.59. The summed E-state index contributed by atoms with van der Waals surface area (Å²) < 4.78 is -1.83. The minimum atomic E-state index is -1.83. The Labute approximate surface area is 156 Å². The van der Waals surface area contributed by atoms with E-state index in [1.807, 2.05) is 0 Å². The Morgan fingerprint density at radius 2 is 2.04 bits per heavy atom. The van der Waals surface area contributed by atoms with Crippen LogP contribution in [-0.4, -0.2) is 20.8 Å². The minimum Gasteiger partial charge on any atom is -0.362 e. The summed E-state index contributed by atoms with van der Waals surface area (Å²) in [6.45, 7) is 1.67. The van der Waals surface area contributed by atoms with Crippen molar-refractivity contribution in [2.24, 2.45) is 0 Å². The van der Waals surface area contributed by atoms with Crippen LogP contribution in [0.25, 0.3) is 0 Å². The largest absolute Gasteiger partial charge is 0.362 e. The molecule has 1 aromatic carbocycles. The first kappa shape index (κ1) is 18.8. The Morgan fingerprint density at radius 3 is 2.54 bits per heavy atom. The molecule has 0 saturated carbocycles. The highest BCUT2D eigenvalue weighted by molar-refractivity contribution is 7.12. The van der Waals surface area contributed by atoms with E-state index in [1.165, 1.54) is 29.5 Å². The molecule has 24 heavy (non-hydrogen) atoms. The van der Waals surface area contributed by atoms with Crippen molar-refractivity contribution in [2.75, 3.05) is 5.32 Å². The Hall–Kier alpha value is -1.54. The molecule has 2 rings (SSSR count). The van der Waals surface area contributed by atoms with Gasteiger partial charge in [0.15, 0.2) is 0 Å². The molecule has 10 heteroatoms. The molecule has 1 aromatic heterocycles. The normalized spacial score (nSPS) is 12.5. The second-order valence-electron chi connectivity index (χ2n) is 4.83. The van der Waals surface area contributed by atoms with Crippen molar-refractivity contribution in [3.63, 3.8) is 0 Å². The lowest BCUT2D eigenvalue weighted by molar-refractivity contribution is -0.384. The molecule has 1 heterocycles. The van der Waals surface area contributed by atoms with Gasteiger partial charge in [0.1, 0.15) is 6.17 Å². The molecular formula is C14H12Cl3N3O3S. The molecule has 0 aliphatic carbocycles. The van der Waals surface area contributed by atoms with Crippen molar-refractivity contribution >= 4 is 63.4 Å². The molecule has 0 aliphatic heterocycles. The second kappa shape index (κ2) is 7.57. The smallest absolute Gasteiger partial charge is 0.269 e. The number of carbonyl (C=O) groups excluding carboxylic acids is 1. The van der Waals surface area contributed by atoms with Gasteiger partial charge in [-0.1, -0.05) is 40.9 Å². The van der Waals surface area contributed by atoms with Crippen molar-refractivity contribution < 1.29 is 9.72 Å². The molecular weight excluding hydrogens is 397 g/mol. The fourth-order valence-electron chi connectivity index (χ4n) is 1.89. The lowest BCUT2D eigenvalue weighted by atomic mass is 10.1. The van der Waals surface area contributed by atoms with Crippen LogP contribution >= 0.6 is 46.1 Å². The summed E-state index contributed by atoms with van der Waals surface area (Å²) in [5, 5.41) is 18.0. The number of nitrogens with zero attached hydrogens (tertiary/aromatic N) is 1. The molecule has 0 aliphatic rings. The van der Waals surface area contributed by atoms with Gasteiger partial charge >= 0.3 is 0 Å². The summed E-state index contributed by atoms with van der Waals surface area (Å²) in [7, 11) is 0. The number of thiophene rings is 1. The van der Waals surface area contributed by atoms with Crippen LogP contribution in [-0.2, 0) is 0 Å². The molecule has 0 radical (unpaired) electrons. The van der Waals surface area contributed by atoms with Crippen LogP contribution in [0.3, 0.4) is 0 Å². The number of carbonyl (C=O) groups is 1. The van der Waals surface area contributed by atoms with Gasteiger partial charge < -0.3 is 10.6 Å². The summed E-state index contributed by atoms with van der Waals surface area (Å²) in [5.41, 5.74) is 1.03. The number of hydrogen-bond acceptors (Lipinski definition) is 5. The molecule has 2 aromatic rings. The van der Waals surface area contributed by atoms with Gasteiger partial charge in [-0.15, -0.1) is 11.3 Å². The predicted octanol–water partition coefficient (Wildman–Crippen LogP) is 4.50. The average Bonchev–Trinajstić information content (AvgIpc) is 3.01. The molecule has 128 valence electrons. The number of rotatable bonds is 5. The molecule has 0 bridgehead atoms. The predicted molar refractivity (Wildman–Crippen MR) is 97.3 cm³/mol. The van der Waals surface area contributed by atoms with Gasteiger partial charge in [-0.2, -0.15) is 0 Å². The molecule has 1 atom stereocenters. The van der Waals surface area contributed by atoms with Gasteiger partial charge in [0.2, 0.25) is 3.79 Å². The van der Waals surface area contributed by atoms with Crippen molar-refractivity contribution in [3.8, 4) is 0 Å². The molecule has 6 nitrogen and oxygen atoms in total. The molecule has 0 spiro atoms. The summed E-state index contributed by atoms with van der Waals surface area (Å²) in [5.74, 6) is -0.395. The van der Waals surface area contributed by atoms with E-state index in [9.17, 15) is 14.9 Å². The maximum atomic E-state index is 12.2. The third-order valence-corrected chi connectivity index (χ3v) is 4.59. The van der Waals surface area contributed by atoms with E-state index >= 15 is 0 Å². The fraction of sp³-hybridized carbons (Fsp3) is 0.214. The van der Waals surface area contributed by atoms with E-state index in [-0.39, 0.29) is 5.69 Å². The summed E-state index contributed by atoms with van der Waals surface area (Å²) in [6.07, 6.45) is -1.03. The van der Waals surface area contributed by atoms with Crippen LogP contribution in [0.1, 0.15) is 15.2 Å². The van der Waals surface area contributed by atoms with Crippen LogP contribution < -0.4 is 10.6 Å². The van der Waals surface area contributed by atoms with Gasteiger partial charge in [0.05, 0.1) is 9.80 Å². The third kappa shape index (κ3) is 4.73. The zero-order chi connectivity index (χ0) is 17.9. The maximum Gasteiger partial charge on any atom is 0.269 e. The Morgan fingerprint density at radius 1 is 1.33 bits per heavy atom.